The third-order valence-electron chi connectivity index (χ3n) is 1.93. The Morgan fingerprint density at radius 1 is 1.60 bits per heavy atom. The zero-order valence-electron chi connectivity index (χ0n) is 8.16. The second-order valence-electron chi connectivity index (χ2n) is 2.87. The van der Waals surface area contributed by atoms with Gasteiger partial charge in [0.2, 0.25) is 0 Å². The first-order valence-corrected chi connectivity index (χ1v) is 5.21. The van der Waals surface area contributed by atoms with Gasteiger partial charge in [-0.15, -0.1) is 0 Å². The van der Waals surface area contributed by atoms with Crippen LogP contribution < -0.4 is 5.32 Å². The number of rotatable bonds is 4. The summed E-state index contributed by atoms with van der Waals surface area (Å²) in [6, 6.07) is 3.29. The Bertz CT molecular complexity index is 382. The number of nitro groups is 1. The van der Waals surface area contributed by atoms with Crippen LogP contribution >= 0.6 is 15.9 Å². The Labute approximate surface area is 95.4 Å². The minimum atomic E-state index is -0.492. The number of benzene rings is 1. The van der Waals surface area contributed by atoms with Crippen molar-refractivity contribution in [3.63, 3.8) is 0 Å². The van der Waals surface area contributed by atoms with Crippen LogP contribution in [0.3, 0.4) is 0 Å². The van der Waals surface area contributed by atoms with E-state index in [1.807, 2.05) is 6.92 Å². The molecule has 6 heteroatoms. The van der Waals surface area contributed by atoms with Gasteiger partial charge in [0.15, 0.2) is 0 Å². The maximum atomic E-state index is 10.9. The number of anilines is 1. The highest BCUT2D eigenvalue weighted by Crippen LogP contribution is 2.33. The molecule has 0 aliphatic carbocycles. The molecule has 0 heterocycles. The van der Waals surface area contributed by atoms with Gasteiger partial charge >= 0.3 is 0 Å². The van der Waals surface area contributed by atoms with Gasteiger partial charge in [-0.3, -0.25) is 10.1 Å². The molecule has 5 nitrogen and oxygen atoms in total. The number of hydrogen-bond donors (Lipinski definition) is 2. The van der Waals surface area contributed by atoms with E-state index in [0.717, 1.165) is 0 Å². The summed E-state index contributed by atoms with van der Waals surface area (Å²) in [5.74, 6) is 0. The molecule has 0 aliphatic rings. The Morgan fingerprint density at radius 3 is 2.73 bits per heavy atom. The highest BCUT2D eigenvalue weighted by molar-refractivity contribution is 9.10. The van der Waals surface area contributed by atoms with Gasteiger partial charge < -0.3 is 10.4 Å². The number of aliphatic hydroxyl groups excluding tert-OH is 1. The molecule has 0 spiro atoms. The van der Waals surface area contributed by atoms with Crippen LogP contribution in [0.25, 0.3) is 0 Å². The van der Waals surface area contributed by atoms with Crippen LogP contribution in [-0.2, 0) is 6.61 Å². The van der Waals surface area contributed by atoms with Crippen LogP contribution in [0.15, 0.2) is 16.6 Å². The zero-order valence-corrected chi connectivity index (χ0v) is 9.74. The van der Waals surface area contributed by atoms with Crippen molar-refractivity contribution >= 4 is 27.3 Å². The van der Waals surface area contributed by atoms with Gasteiger partial charge in [0.25, 0.3) is 5.69 Å². The highest BCUT2D eigenvalue weighted by Gasteiger charge is 2.21. The van der Waals surface area contributed by atoms with E-state index in [2.05, 4.69) is 21.2 Å². The molecule has 15 heavy (non-hydrogen) atoms. The molecular formula is C9H11BrN2O3. The van der Waals surface area contributed by atoms with Gasteiger partial charge in [0.05, 0.1) is 17.1 Å². The van der Waals surface area contributed by atoms with Crippen LogP contribution in [0, 0.1) is 10.1 Å². The predicted octanol–water partition coefficient (Wildman–Crippen LogP) is 2.28. The topological polar surface area (TPSA) is 75.4 Å². The van der Waals surface area contributed by atoms with Crippen molar-refractivity contribution in [2.24, 2.45) is 0 Å². The van der Waals surface area contributed by atoms with E-state index in [1.54, 1.807) is 12.1 Å². The minimum absolute atomic E-state index is 0.0753. The van der Waals surface area contributed by atoms with E-state index in [-0.39, 0.29) is 12.3 Å². The van der Waals surface area contributed by atoms with E-state index >= 15 is 0 Å². The SMILES string of the molecule is CCNc1ccc(Br)c(CO)c1[N+](=O)[O-]. The van der Waals surface area contributed by atoms with Gasteiger partial charge in [0, 0.05) is 11.0 Å². The molecular weight excluding hydrogens is 264 g/mol. The molecule has 1 aromatic rings. The van der Waals surface area contributed by atoms with Crippen molar-refractivity contribution in [3.05, 3.63) is 32.3 Å². The molecule has 1 aromatic carbocycles. The molecule has 0 fully saturated rings. The number of nitrogens with zero attached hydrogens (tertiary/aromatic N) is 1. The summed E-state index contributed by atoms with van der Waals surface area (Å²) in [4.78, 5) is 10.4. The summed E-state index contributed by atoms with van der Waals surface area (Å²) in [6.07, 6.45) is 0. The van der Waals surface area contributed by atoms with Crippen molar-refractivity contribution in [3.8, 4) is 0 Å². The van der Waals surface area contributed by atoms with Crippen LogP contribution in [-0.4, -0.2) is 16.6 Å². The Hall–Kier alpha value is -1.14. The normalized spacial score (nSPS) is 10.1. The van der Waals surface area contributed by atoms with Crippen molar-refractivity contribution in [1.29, 1.82) is 0 Å². The lowest BCUT2D eigenvalue weighted by Gasteiger charge is -2.08. The lowest BCUT2D eigenvalue weighted by molar-refractivity contribution is -0.385. The number of nitro benzene ring substituents is 1. The molecule has 0 unspecified atom stereocenters. The first-order chi connectivity index (χ1) is 7.11. The molecule has 0 aromatic heterocycles. The molecule has 1 rings (SSSR count). The number of hydrogen-bond acceptors (Lipinski definition) is 4. The van der Waals surface area contributed by atoms with E-state index in [0.29, 0.717) is 22.3 Å². The molecule has 0 saturated heterocycles. The summed E-state index contributed by atoms with van der Waals surface area (Å²) in [6.45, 7) is 2.08. The smallest absolute Gasteiger partial charge is 0.298 e. The third kappa shape index (κ3) is 2.45. The van der Waals surface area contributed by atoms with Crippen molar-refractivity contribution in [1.82, 2.24) is 0 Å². The Balaban J connectivity index is 3.35. The van der Waals surface area contributed by atoms with E-state index < -0.39 is 4.92 Å². The molecule has 0 saturated carbocycles. The van der Waals surface area contributed by atoms with E-state index in [1.165, 1.54) is 0 Å². The van der Waals surface area contributed by atoms with Crippen molar-refractivity contribution in [2.45, 2.75) is 13.5 Å². The Kier molecular flexibility index (Phi) is 4.05. The Morgan fingerprint density at radius 2 is 2.27 bits per heavy atom. The fourth-order valence-electron chi connectivity index (χ4n) is 1.30. The van der Waals surface area contributed by atoms with Gasteiger partial charge in [-0.2, -0.15) is 0 Å². The molecule has 0 radical (unpaired) electrons. The lowest BCUT2D eigenvalue weighted by atomic mass is 10.1. The highest BCUT2D eigenvalue weighted by atomic mass is 79.9. The largest absolute Gasteiger partial charge is 0.391 e. The van der Waals surface area contributed by atoms with E-state index in [4.69, 9.17) is 5.11 Å². The molecule has 0 amide bonds. The predicted molar refractivity (Wildman–Crippen MR) is 60.9 cm³/mol. The maximum Gasteiger partial charge on any atom is 0.298 e. The van der Waals surface area contributed by atoms with Gasteiger partial charge in [-0.1, -0.05) is 15.9 Å². The van der Waals surface area contributed by atoms with Gasteiger partial charge in [-0.05, 0) is 19.1 Å². The van der Waals surface area contributed by atoms with Gasteiger partial charge in [-0.25, -0.2) is 0 Å². The van der Waals surface area contributed by atoms with Crippen LogP contribution in [0.4, 0.5) is 11.4 Å². The second-order valence-corrected chi connectivity index (χ2v) is 3.72. The van der Waals surface area contributed by atoms with E-state index in [9.17, 15) is 10.1 Å². The lowest BCUT2D eigenvalue weighted by Crippen LogP contribution is -2.04. The average Bonchev–Trinajstić information content (AvgIpc) is 2.20. The summed E-state index contributed by atoms with van der Waals surface area (Å²) >= 11 is 3.17. The quantitative estimate of drug-likeness (QED) is 0.653. The summed E-state index contributed by atoms with van der Waals surface area (Å²) in [7, 11) is 0. The number of nitrogens with one attached hydrogen (secondary N) is 1. The molecule has 0 aliphatic heterocycles. The molecule has 0 bridgehead atoms. The summed E-state index contributed by atoms with van der Waals surface area (Å²) in [5.41, 5.74) is 0.641. The first-order valence-electron chi connectivity index (χ1n) is 4.42. The van der Waals surface area contributed by atoms with Crippen LogP contribution in [0.5, 0.6) is 0 Å². The summed E-state index contributed by atoms with van der Waals surface area (Å²) < 4.78 is 0.540. The minimum Gasteiger partial charge on any atom is -0.391 e. The molecule has 82 valence electrons. The van der Waals surface area contributed by atoms with Crippen LogP contribution in [0.1, 0.15) is 12.5 Å². The number of halogens is 1. The standard InChI is InChI=1S/C9H11BrN2O3/c1-2-11-8-4-3-7(10)6(5-13)9(8)12(14)15/h3-4,11,13H,2,5H2,1H3. The van der Waals surface area contributed by atoms with Crippen LogP contribution in [0.2, 0.25) is 0 Å². The van der Waals surface area contributed by atoms with Gasteiger partial charge in [0.1, 0.15) is 5.69 Å². The monoisotopic (exact) mass is 274 g/mol. The second kappa shape index (κ2) is 5.09. The maximum absolute atomic E-state index is 10.9. The first kappa shape index (κ1) is 11.9. The average molecular weight is 275 g/mol. The molecule has 0 atom stereocenters. The fraction of sp³-hybridized carbons (Fsp3) is 0.333. The molecule has 2 N–H and O–H groups in total. The zero-order chi connectivity index (χ0) is 11.4. The number of aliphatic hydroxyl groups is 1. The summed E-state index contributed by atoms with van der Waals surface area (Å²) in [5, 5.41) is 22.8. The fourth-order valence-corrected chi connectivity index (χ4v) is 1.75. The third-order valence-corrected chi connectivity index (χ3v) is 2.68. The van der Waals surface area contributed by atoms with Crippen molar-refractivity contribution < 1.29 is 10.0 Å². The van der Waals surface area contributed by atoms with Crippen molar-refractivity contribution in [2.75, 3.05) is 11.9 Å².